The molecule has 1 fully saturated rings. The molecule has 1 unspecified atom stereocenters. The lowest BCUT2D eigenvalue weighted by atomic mass is 10.1. The summed E-state index contributed by atoms with van der Waals surface area (Å²) >= 11 is 0. The van der Waals surface area contributed by atoms with E-state index in [9.17, 15) is 18.4 Å². The highest BCUT2D eigenvalue weighted by molar-refractivity contribution is 5.89. The van der Waals surface area contributed by atoms with Crippen molar-refractivity contribution in [2.24, 2.45) is 0 Å². The minimum Gasteiger partial charge on any atom is -0.478 e. The molecule has 1 amide bonds. The Morgan fingerprint density at radius 2 is 2.11 bits per heavy atom. The summed E-state index contributed by atoms with van der Waals surface area (Å²) in [5.41, 5.74) is -0.950. The van der Waals surface area contributed by atoms with E-state index in [1.54, 1.807) is 7.05 Å². The Hall–Kier alpha value is -2.18. The fourth-order valence-corrected chi connectivity index (χ4v) is 1.97. The van der Waals surface area contributed by atoms with Crippen LogP contribution in [0.15, 0.2) is 12.1 Å². The molecule has 2 rings (SSSR count). The number of amides is 1. The number of benzene rings is 1. The van der Waals surface area contributed by atoms with Gasteiger partial charge in [-0.05, 0) is 18.6 Å². The number of likely N-dealkylation sites (N-methyl/N-ethyl adjacent to an activating group) is 1. The zero-order chi connectivity index (χ0) is 14.2. The molecule has 102 valence electrons. The zero-order valence-corrected chi connectivity index (χ0v) is 10.1. The molecule has 5 nitrogen and oxygen atoms in total. The van der Waals surface area contributed by atoms with Gasteiger partial charge in [0.1, 0.15) is 6.04 Å². The number of rotatable bonds is 3. The van der Waals surface area contributed by atoms with Crippen LogP contribution in [0.4, 0.5) is 14.5 Å². The van der Waals surface area contributed by atoms with Crippen molar-refractivity contribution in [3.05, 3.63) is 29.3 Å². The van der Waals surface area contributed by atoms with Gasteiger partial charge >= 0.3 is 5.97 Å². The van der Waals surface area contributed by atoms with Gasteiger partial charge in [0.05, 0.1) is 11.3 Å². The van der Waals surface area contributed by atoms with Crippen molar-refractivity contribution in [1.82, 2.24) is 4.90 Å². The summed E-state index contributed by atoms with van der Waals surface area (Å²) in [6.45, 7) is 0.536. The van der Waals surface area contributed by atoms with Crippen molar-refractivity contribution in [2.45, 2.75) is 12.5 Å². The number of aromatic carboxylic acids is 1. The number of carboxylic acids is 1. The standard InChI is InChI=1S/C12H12F2N2O3/c1-16-5-4-8(11(16)17)15-7-3-2-6(12(18)19)9(13)10(7)14/h2-3,8,15H,4-5H2,1H3,(H,18,19). The number of carboxylic acid groups (broad SMARTS) is 1. The number of hydrogen-bond donors (Lipinski definition) is 2. The van der Waals surface area contributed by atoms with Gasteiger partial charge in [0.25, 0.3) is 0 Å². The number of halogens is 2. The molecule has 0 aliphatic carbocycles. The van der Waals surface area contributed by atoms with Crippen molar-refractivity contribution in [3.8, 4) is 0 Å². The Morgan fingerprint density at radius 1 is 1.42 bits per heavy atom. The van der Waals surface area contributed by atoms with Gasteiger partial charge in [-0.25, -0.2) is 13.6 Å². The molecule has 0 radical (unpaired) electrons. The molecule has 19 heavy (non-hydrogen) atoms. The van der Waals surface area contributed by atoms with E-state index in [4.69, 9.17) is 5.11 Å². The summed E-state index contributed by atoms with van der Waals surface area (Å²) in [4.78, 5) is 23.8. The van der Waals surface area contributed by atoms with Crippen LogP contribution >= 0.6 is 0 Å². The number of carbonyl (C=O) groups excluding carboxylic acids is 1. The van der Waals surface area contributed by atoms with Crippen LogP contribution in [0.2, 0.25) is 0 Å². The second-order valence-corrected chi connectivity index (χ2v) is 4.34. The monoisotopic (exact) mass is 270 g/mol. The number of hydrogen-bond acceptors (Lipinski definition) is 3. The molecule has 1 aliphatic heterocycles. The van der Waals surface area contributed by atoms with Crippen LogP contribution in [0.25, 0.3) is 0 Å². The highest BCUT2D eigenvalue weighted by atomic mass is 19.2. The Morgan fingerprint density at radius 3 is 2.63 bits per heavy atom. The maximum atomic E-state index is 13.7. The van der Waals surface area contributed by atoms with Crippen molar-refractivity contribution >= 4 is 17.6 Å². The number of anilines is 1. The molecule has 1 atom stereocenters. The van der Waals surface area contributed by atoms with E-state index in [0.29, 0.717) is 13.0 Å². The fourth-order valence-electron chi connectivity index (χ4n) is 1.97. The van der Waals surface area contributed by atoms with E-state index in [2.05, 4.69) is 5.32 Å². The van der Waals surface area contributed by atoms with E-state index in [1.165, 1.54) is 4.90 Å². The van der Waals surface area contributed by atoms with Crippen molar-refractivity contribution < 1.29 is 23.5 Å². The Labute approximate surface area is 107 Å². The summed E-state index contributed by atoms with van der Waals surface area (Å²) in [6.07, 6.45) is 0.483. The lowest BCUT2D eigenvalue weighted by molar-refractivity contribution is -0.127. The van der Waals surface area contributed by atoms with Gasteiger partial charge in [0, 0.05) is 13.6 Å². The molecular formula is C12H12F2N2O3. The maximum absolute atomic E-state index is 13.7. The van der Waals surface area contributed by atoms with Gasteiger partial charge in [-0.3, -0.25) is 4.79 Å². The van der Waals surface area contributed by atoms with Crippen LogP contribution in [0.5, 0.6) is 0 Å². The molecule has 7 heteroatoms. The van der Waals surface area contributed by atoms with Crippen LogP contribution in [-0.4, -0.2) is 41.5 Å². The van der Waals surface area contributed by atoms with Crippen LogP contribution in [0.1, 0.15) is 16.8 Å². The molecular weight excluding hydrogens is 258 g/mol. The van der Waals surface area contributed by atoms with E-state index in [0.717, 1.165) is 12.1 Å². The van der Waals surface area contributed by atoms with E-state index in [-0.39, 0.29) is 11.6 Å². The van der Waals surface area contributed by atoms with Gasteiger partial charge in [0.2, 0.25) is 5.91 Å². The average Bonchev–Trinajstić information content (AvgIpc) is 2.66. The molecule has 0 saturated carbocycles. The zero-order valence-electron chi connectivity index (χ0n) is 10.1. The third-order valence-corrected chi connectivity index (χ3v) is 3.07. The van der Waals surface area contributed by atoms with Crippen LogP contribution in [0.3, 0.4) is 0 Å². The van der Waals surface area contributed by atoms with Crippen molar-refractivity contribution in [1.29, 1.82) is 0 Å². The average molecular weight is 270 g/mol. The Balaban J connectivity index is 2.25. The highest BCUT2D eigenvalue weighted by Crippen LogP contribution is 2.23. The smallest absolute Gasteiger partial charge is 0.338 e. The van der Waals surface area contributed by atoms with Gasteiger partial charge < -0.3 is 15.3 Å². The van der Waals surface area contributed by atoms with Crippen LogP contribution < -0.4 is 5.32 Å². The fraction of sp³-hybridized carbons (Fsp3) is 0.333. The molecule has 0 bridgehead atoms. The number of nitrogens with zero attached hydrogens (tertiary/aromatic N) is 1. The van der Waals surface area contributed by atoms with Crippen molar-refractivity contribution in [2.75, 3.05) is 18.9 Å². The molecule has 1 aromatic rings. The molecule has 1 aliphatic rings. The first-order valence-electron chi connectivity index (χ1n) is 5.64. The molecule has 1 saturated heterocycles. The summed E-state index contributed by atoms with van der Waals surface area (Å²) in [6, 6.07) is 1.47. The first kappa shape index (κ1) is 13.3. The normalized spacial score (nSPS) is 18.8. The quantitative estimate of drug-likeness (QED) is 0.868. The first-order chi connectivity index (χ1) is 8.91. The topological polar surface area (TPSA) is 69.6 Å². The summed E-state index contributed by atoms with van der Waals surface area (Å²) in [5, 5.41) is 11.3. The van der Waals surface area contributed by atoms with Gasteiger partial charge in [-0.1, -0.05) is 0 Å². The van der Waals surface area contributed by atoms with Gasteiger partial charge in [-0.2, -0.15) is 0 Å². The van der Waals surface area contributed by atoms with E-state index in [1.807, 2.05) is 0 Å². The Kier molecular flexibility index (Phi) is 3.37. The van der Waals surface area contributed by atoms with Crippen molar-refractivity contribution in [3.63, 3.8) is 0 Å². The van der Waals surface area contributed by atoms with Crippen LogP contribution in [-0.2, 0) is 4.79 Å². The molecule has 0 aromatic heterocycles. The summed E-state index contributed by atoms with van der Waals surface area (Å²) < 4.78 is 27.1. The molecule has 0 spiro atoms. The molecule has 2 N–H and O–H groups in total. The number of likely N-dealkylation sites (tertiary alicyclic amines) is 1. The van der Waals surface area contributed by atoms with E-state index < -0.39 is 29.2 Å². The lowest BCUT2D eigenvalue weighted by Crippen LogP contribution is -2.31. The number of carbonyl (C=O) groups is 2. The second kappa shape index (κ2) is 4.83. The first-order valence-corrected chi connectivity index (χ1v) is 5.64. The predicted molar refractivity (Wildman–Crippen MR) is 63.0 cm³/mol. The molecule has 1 aromatic carbocycles. The third-order valence-electron chi connectivity index (χ3n) is 3.07. The second-order valence-electron chi connectivity index (χ2n) is 4.34. The predicted octanol–water partition coefficient (Wildman–Crippen LogP) is 1.31. The lowest BCUT2D eigenvalue weighted by Gasteiger charge is -2.14. The minimum absolute atomic E-state index is 0.206. The highest BCUT2D eigenvalue weighted by Gasteiger charge is 2.30. The summed E-state index contributed by atoms with van der Waals surface area (Å²) in [5.74, 6) is -4.47. The molecule has 1 heterocycles. The third kappa shape index (κ3) is 2.35. The minimum atomic E-state index is -1.54. The van der Waals surface area contributed by atoms with Gasteiger partial charge in [0.15, 0.2) is 11.6 Å². The SMILES string of the molecule is CN1CCC(Nc2ccc(C(=O)O)c(F)c2F)C1=O. The summed E-state index contributed by atoms with van der Waals surface area (Å²) in [7, 11) is 1.62. The largest absolute Gasteiger partial charge is 0.478 e. The maximum Gasteiger partial charge on any atom is 0.338 e. The number of nitrogens with one attached hydrogen (secondary N) is 1. The van der Waals surface area contributed by atoms with E-state index >= 15 is 0 Å². The van der Waals surface area contributed by atoms with Crippen LogP contribution in [0, 0.1) is 11.6 Å². The van der Waals surface area contributed by atoms with Gasteiger partial charge in [-0.15, -0.1) is 0 Å². The Bertz CT molecular complexity index is 548.